The van der Waals surface area contributed by atoms with Crippen LogP contribution in [0.15, 0.2) is 10.5 Å². The Hall–Kier alpha value is -0.0800. The highest BCUT2D eigenvalue weighted by Crippen LogP contribution is 2.71. The van der Waals surface area contributed by atoms with Gasteiger partial charge in [-0.25, -0.2) is 0 Å². The molecular formula is C16H21BrS. The van der Waals surface area contributed by atoms with Gasteiger partial charge in [-0.2, -0.15) is 0 Å². The molecule has 0 aliphatic heterocycles. The number of halogens is 1. The van der Waals surface area contributed by atoms with Crippen molar-refractivity contribution in [1.29, 1.82) is 0 Å². The van der Waals surface area contributed by atoms with Gasteiger partial charge < -0.3 is 0 Å². The first-order valence-electron chi connectivity index (χ1n) is 6.76. The van der Waals surface area contributed by atoms with Crippen LogP contribution in [0.25, 0.3) is 5.57 Å². The van der Waals surface area contributed by atoms with Crippen molar-refractivity contribution >= 4 is 32.8 Å². The van der Waals surface area contributed by atoms with Gasteiger partial charge >= 0.3 is 0 Å². The normalized spacial score (nSPS) is 33.6. The van der Waals surface area contributed by atoms with E-state index in [0.29, 0.717) is 10.8 Å². The maximum absolute atomic E-state index is 3.94. The highest BCUT2D eigenvalue weighted by Gasteiger charge is 2.60. The van der Waals surface area contributed by atoms with Gasteiger partial charge in [0.05, 0.1) is 0 Å². The summed E-state index contributed by atoms with van der Waals surface area (Å²) in [6.07, 6.45) is 2.68. The lowest BCUT2D eigenvalue weighted by Gasteiger charge is -2.37. The van der Waals surface area contributed by atoms with Crippen molar-refractivity contribution in [1.82, 2.24) is 0 Å². The molecule has 0 aromatic carbocycles. The van der Waals surface area contributed by atoms with E-state index in [-0.39, 0.29) is 0 Å². The third kappa shape index (κ3) is 1.37. The van der Waals surface area contributed by atoms with Crippen LogP contribution in [0, 0.1) is 30.6 Å². The molecule has 0 spiro atoms. The zero-order valence-corrected chi connectivity index (χ0v) is 14.3. The summed E-state index contributed by atoms with van der Waals surface area (Å²) in [6.45, 7) is 11.9. The van der Waals surface area contributed by atoms with Gasteiger partial charge in [0.2, 0.25) is 0 Å². The van der Waals surface area contributed by atoms with E-state index < -0.39 is 0 Å². The van der Waals surface area contributed by atoms with Gasteiger partial charge in [-0.1, -0.05) is 36.7 Å². The van der Waals surface area contributed by atoms with E-state index in [1.807, 2.05) is 11.3 Å². The first-order valence-corrected chi connectivity index (χ1v) is 8.37. The molecule has 98 valence electrons. The number of fused-ring (bicyclic) bond motifs is 2. The Bertz CT molecular complexity index is 549. The quantitative estimate of drug-likeness (QED) is 0.600. The average molecular weight is 325 g/mol. The van der Waals surface area contributed by atoms with Gasteiger partial charge in [-0.15, -0.1) is 11.3 Å². The van der Waals surface area contributed by atoms with E-state index in [9.17, 15) is 0 Å². The van der Waals surface area contributed by atoms with Crippen LogP contribution in [-0.2, 0) is 0 Å². The lowest BCUT2D eigenvalue weighted by molar-refractivity contribution is 0.189. The molecule has 0 saturated heterocycles. The Morgan fingerprint density at radius 2 is 1.94 bits per heavy atom. The topological polar surface area (TPSA) is 0 Å². The van der Waals surface area contributed by atoms with Gasteiger partial charge in [-0.3, -0.25) is 0 Å². The molecule has 3 rings (SSSR count). The molecule has 0 radical (unpaired) electrons. The fraction of sp³-hybridized carbons (Fsp3) is 0.625. The van der Waals surface area contributed by atoms with Crippen molar-refractivity contribution in [2.45, 2.75) is 47.5 Å². The van der Waals surface area contributed by atoms with Crippen LogP contribution in [0.5, 0.6) is 0 Å². The summed E-state index contributed by atoms with van der Waals surface area (Å²) in [5.74, 6) is 0.720. The van der Waals surface area contributed by atoms with E-state index >= 15 is 0 Å². The first-order chi connectivity index (χ1) is 8.29. The summed E-state index contributed by atoms with van der Waals surface area (Å²) in [6, 6.07) is 2.39. The summed E-state index contributed by atoms with van der Waals surface area (Å²) >= 11 is 5.87. The summed E-state index contributed by atoms with van der Waals surface area (Å²) < 4.78 is 1.49. The summed E-state index contributed by atoms with van der Waals surface area (Å²) in [5.41, 5.74) is 3.84. The van der Waals surface area contributed by atoms with E-state index in [4.69, 9.17) is 0 Å². The second kappa shape index (κ2) is 3.73. The van der Waals surface area contributed by atoms with Crippen LogP contribution in [-0.4, -0.2) is 0 Å². The first kappa shape index (κ1) is 12.9. The molecule has 1 aromatic heterocycles. The van der Waals surface area contributed by atoms with E-state index in [1.54, 1.807) is 5.57 Å². The fourth-order valence-corrected chi connectivity index (χ4v) is 6.52. The van der Waals surface area contributed by atoms with Gasteiger partial charge in [0.1, 0.15) is 0 Å². The molecule has 0 amide bonds. The maximum atomic E-state index is 3.94. The van der Waals surface area contributed by atoms with Crippen molar-refractivity contribution in [2.75, 3.05) is 0 Å². The Morgan fingerprint density at radius 3 is 2.39 bits per heavy atom. The van der Waals surface area contributed by atoms with Crippen LogP contribution in [0.2, 0.25) is 0 Å². The van der Waals surface area contributed by atoms with E-state index in [1.165, 1.54) is 32.6 Å². The second-order valence-electron chi connectivity index (χ2n) is 6.69. The molecule has 2 heteroatoms. The molecule has 0 N–H and O–H groups in total. The highest BCUT2D eigenvalue weighted by atomic mass is 79.9. The second-order valence-corrected chi connectivity index (χ2v) is 9.01. The lowest BCUT2D eigenvalue weighted by atomic mass is 9.66. The smallest absolute Gasteiger partial charge is 0.00926 e. The molecule has 2 unspecified atom stereocenters. The number of aryl methyl sites for hydroxylation is 2. The number of thiophene rings is 1. The van der Waals surface area contributed by atoms with Crippen molar-refractivity contribution in [3.63, 3.8) is 0 Å². The molecule has 1 saturated carbocycles. The van der Waals surface area contributed by atoms with Gasteiger partial charge in [0.25, 0.3) is 0 Å². The summed E-state index contributed by atoms with van der Waals surface area (Å²) in [5, 5.41) is 0. The van der Waals surface area contributed by atoms with Gasteiger partial charge in [-0.05, 0) is 60.6 Å². The molecule has 2 atom stereocenters. The Morgan fingerprint density at radius 1 is 1.28 bits per heavy atom. The van der Waals surface area contributed by atoms with Crippen molar-refractivity contribution in [3.05, 3.63) is 25.9 Å². The van der Waals surface area contributed by atoms with Gasteiger partial charge in [0, 0.05) is 14.2 Å². The van der Waals surface area contributed by atoms with Crippen LogP contribution in [0.3, 0.4) is 0 Å². The van der Waals surface area contributed by atoms with Gasteiger partial charge in [0.15, 0.2) is 0 Å². The minimum Gasteiger partial charge on any atom is -0.145 e. The highest BCUT2D eigenvalue weighted by molar-refractivity contribution is 9.11. The standard InChI is InChI=1S/C16H21BrS/c1-9-8-11(10(2)18-9)13-14(17)12-6-7-16(13,5)15(12,3)4/h8,12H,6-7H2,1-5H3. The van der Waals surface area contributed by atoms with Crippen LogP contribution in [0.1, 0.15) is 48.9 Å². The lowest BCUT2D eigenvalue weighted by Crippen LogP contribution is -2.29. The third-order valence-electron chi connectivity index (χ3n) is 5.63. The molecule has 1 fully saturated rings. The average Bonchev–Trinajstić information content (AvgIpc) is 2.72. The van der Waals surface area contributed by atoms with Crippen LogP contribution >= 0.6 is 27.3 Å². The molecule has 2 aliphatic rings. The van der Waals surface area contributed by atoms with Crippen molar-refractivity contribution in [2.24, 2.45) is 16.7 Å². The largest absolute Gasteiger partial charge is 0.145 e. The summed E-state index contributed by atoms with van der Waals surface area (Å²) in [7, 11) is 0. The number of rotatable bonds is 1. The Kier molecular flexibility index (Phi) is 2.68. The van der Waals surface area contributed by atoms with E-state index in [0.717, 1.165) is 5.92 Å². The van der Waals surface area contributed by atoms with E-state index in [2.05, 4.69) is 56.6 Å². The maximum Gasteiger partial charge on any atom is 0.00926 e. The predicted octanol–water partition coefficient (Wildman–Crippen LogP) is 5.93. The number of allylic oxidation sites excluding steroid dienone is 2. The molecule has 1 aromatic rings. The minimum absolute atomic E-state index is 0.342. The third-order valence-corrected chi connectivity index (χ3v) is 7.55. The Labute approximate surface area is 123 Å². The number of hydrogen-bond donors (Lipinski definition) is 0. The number of hydrogen-bond acceptors (Lipinski definition) is 1. The fourth-order valence-electron chi connectivity index (χ4n) is 4.13. The minimum atomic E-state index is 0.342. The monoisotopic (exact) mass is 324 g/mol. The van der Waals surface area contributed by atoms with Crippen molar-refractivity contribution < 1.29 is 0 Å². The Balaban J connectivity index is 2.22. The zero-order valence-electron chi connectivity index (χ0n) is 11.9. The molecule has 1 heterocycles. The molecule has 0 nitrogen and oxygen atoms in total. The molecule has 2 bridgehead atoms. The molecule has 18 heavy (non-hydrogen) atoms. The van der Waals surface area contributed by atoms with Crippen molar-refractivity contribution in [3.8, 4) is 0 Å². The zero-order chi connectivity index (χ0) is 13.3. The molecular weight excluding hydrogens is 304 g/mol. The predicted molar refractivity (Wildman–Crippen MR) is 84.3 cm³/mol. The van der Waals surface area contributed by atoms with Crippen LogP contribution in [0.4, 0.5) is 0 Å². The molecule has 2 aliphatic carbocycles. The summed E-state index contributed by atoms with van der Waals surface area (Å²) in [4.78, 5) is 2.91. The van der Waals surface area contributed by atoms with Crippen LogP contribution < -0.4 is 0 Å². The SMILES string of the molecule is Cc1cc(C2=C(Br)C3CCC2(C)C3(C)C)c(C)s1.